The summed E-state index contributed by atoms with van der Waals surface area (Å²) in [5, 5.41) is 0. The van der Waals surface area contributed by atoms with Crippen LogP contribution in [0.25, 0.3) is 0 Å². The summed E-state index contributed by atoms with van der Waals surface area (Å²) < 4.78 is 0. The Balaban J connectivity index is 2.78. The fourth-order valence-corrected chi connectivity index (χ4v) is 1.82. The first-order valence-corrected chi connectivity index (χ1v) is 6.22. The zero-order valence-electron chi connectivity index (χ0n) is 10.7. The van der Waals surface area contributed by atoms with Gasteiger partial charge in [0.1, 0.15) is 0 Å². The molecule has 0 heterocycles. The molecule has 0 fully saturated rings. The second-order valence-corrected chi connectivity index (χ2v) is 4.43. The molecule has 0 radical (unpaired) electrons. The summed E-state index contributed by atoms with van der Waals surface area (Å²) in [6, 6.07) is 9.34. The van der Waals surface area contributed by atoms with Crippen LogP contribution in [0.4, 0.5) is 5.69 Å². The summed E-state index contributed by atoms with van der Waals surface area (Å²) in [6.07, 6.45) is 2.22. The quantitative estimate of drug-likeness (QED) is 0.798. The minimum Gasteiger partial charge on any atom is -0.369 e. The van der Waals surface area contributed by atoms with Crippen molar-refractivity contribution in [2.45, 2.75) is 39.7 Å². The first kappa shape index (κ1) is 13.0. The molecule has 90 valence electrons. The minimum atomic E-state index is 0.578. The molecule has 1 atom stereocenters. The van der Waals surface area contributed by atoms with Crippen LogP contribution in [0.1, 0.15) is 32.3 Å². The van der Waals surface area contributed by atoms with Crippen LogP contribution >= 0.6 is 0 Å². The third-order valence-electron chi connectivity index (χ3n) is 3.09. The fraction of sp³-hybridized carbons (Fsp3) is 0.571. The first-order valence-electron chi connectivity index (χ1n) is 6.22. The van der Waals surface area contributed by atoms with Crippen molar-refractivity contribution in [3.05, 3.63) is 29.8 Å². The fourth-order valence-electron chi connectivity index (χ4n) is 1.82. The van der Waals surface area contributed by atoms with Crippen molar-refractivity contribution >= 4 is 5.69 Å². The average molecular weight is 220 g/mol. The molecule has 16 heavy (non-hydrogen) atoms. The third-order valence-corrected chi connectivity index (χ3v) is 3.09. The number of nitrogens with zero attached hydrogens (tertiary/aromatic N) is 1. The molecule has 0 aliphatic heterocycles. The topological polar surface area (TPSA) is 29.3 Å². The molecule has 0 bridgehead atoms. The molecule has 0 amide bonds. The molecule has 2 nitrogen and oxygen atoms in total. The monoisotopic (exact) mass is 220 g/mol. The van der Waals surface area contributed by atoms with Gasteiger partial charge in [-0.25, -0.2) is 0 Å². The van der Waals surface area contributed by atoms with Gasteiger partial charge in [-0.3, -0.25) is 0 Å². The number of rotatable bonds is 6. The van der Waals surface area contributed by atoms with E-state index in [9.17, 15) is 0 Å². The highest BCUT2D eigenvalue weighted by Crippen LogP contribution is 2.19. The number of hydrogen-bond acceptors (Lipinski definition) is 2. The van der Waals surface area contributed by atoms with Gasteiger partial charge in [0.05, 0.1) is 0 Å². The largest absolute Gasteiger partial charge is 0.369 e. The van der Waals surface area contributed by atoms with E-state index in [1.807, 2.05) is 0 Å². The predicted octanol–water partition coefficient (Wildman–Crippen LogP) is 2.95. The van der Waals surface area contributed by atoms with E-state index < -0.39 is 0 Å². The Morgan fingerprint density at radius 2 is 1.88 bits per heavy atom. The Kier molecular flexibility index (Phi) is 5.33. The maximum atomic E-state index is 5.59. The van der Waals surface area contributed by atoms with Crippen LogP contribution in [0.15, 0.2) is 24.3 Å². The lowest BCUT2D eigenvalue weighted by Crippen LogP contribution is -2.34. The number of nitrogens with two attached hydrogens (primary N) is 1. The Labute approximate surface area is 99.5 Å². The molecule has 0 saturated heterocycles. The lowest BCUT2D eigenvalue weighted by molar-refractivity contribution is 0.602. The van der Waals surface area contributed by atoms with E-state index >= 15 is 0 Å². The van der Waals surface area contributed by atoms with Gasteiger partial charge < -0.3 is 10.6 Å². The van der Waals surface area contributed by atoms with E-state index in [2.05, 4.69) is 49.9 Å². The van der Waals surface area contributed by atoms with Crippen LogP contribution in [-0.4, -0.2) is 19.1 Å². The number of aryl methyl sites for hydroxylation is 1. The van der Waals surface area contributed by atoms with E-state index in [1.165, 1.54) is 17.7 Å². The van der Waals surface area contributed by atoms with E-state index in [4.69, 9.17) is 5.73 Å². The molecule has 0 spiro atoms. The number of hydrogen-bond donors (Lipinski definition) is 1. The third kappa shape index (κ3) is 3.53. The summed E-state index contributed by atoms with van der Waals surface area (Å²) in [7, 11) is 0. The van der Waals surface area contributed by atoms with Crippen molar-refractivity contribution in [1.82, 2.24) is 0 Å². The van der Waals surface area contributed by atoms with E-state index in [0.29, 0.717) is 6.04 Å². The summed E-state index contributed by atoms with van der Waals surface area (Å²) in [4.78, 5) is 2.45. The van der Waals surface area contributed by atoms with Gasteiger partial charge in [-0.15, -0.1) is 0 Å². The van der Waals surface area contributed by atoms with Gasteiger partial charge >= 0.3 is 0 Å². The molecule has 1 aromatic rings. The molecule has 1 rings (SSSR count). The zero-order valence-corrected chi connectivity index (χ0v) is 10.7. The minimum absolute atomic E-state index is 0.578. The summed E-state index contributed by atoms with van der Waals surface area (Å²) in [5.41, 5.74) is 8.22. The molecule has 2 heteroatoms. The molecule has 0 aliphatic rings. The first-order chi connectivity index (χ1) is 7.69. The zero-order chi connectivity index (χ0) is 12.0. The standard InChI is InChI=1S/C14H24N2/c1-4-13(3)16(11-5-10-15)14-8-6-12(2)7-9-14/h6-9,13H,4-5,10-11,15H2,1-3H3. The number of benzene rings is 1. The van der Waals surface area contributed by atoms with Gasteiger partial charge in [-0.2, -0.15) is 0 Å². The van der Waals surface area contributed by atoms with Crippen molar-refractivity contribution in [3.63, 3.8) is 0 Å². The Bertz CT molecular complexity index is 292. The maximum Gasteiger partial charge on any atom is 0.0368 e. The van der Waals surface area contributed by atoms with Gasteiger partial charge in [0, 0.05) is 18.3 Å². The molecule has 1 aromatic carbocycles. The second-order valence-electron chi connectivity index (χ2n) is 4.43. The van der Waals surface area contributed by atoms with Crippen molar-refractivity contribution < 1.29 is 0 Å². The van der Waals surface area contributed by atoms with Crippen LogP contribution in [0.2, 0.25) is 0 Å². The highest BCUT2D eigenvalue weighted by atomic mass is 15.2. The van der Waals surface area contributed by atoms with Crippen LogP contribution in [0.3, 0.4) is 0 Å². The van der Waals surface area contributed by atoms with Crippen molar-refractivity contribution in [3.8, 4) is 0 Å². The van der Waals surface area contributed by atoms with Gasteiger partial charge in [0.25, 0.3) is 0 Å². The maximum absolute atomic E-state index is 5.59. The van der Waals surface area contributed by atoms with Crippen molar-refractivity contribution in [2.75, 3.05) is 18.0 Å². The lowest BCUT2D eigenvalue weighted by atomic mass is 10.1. The molecule has 0 saturated carbocycles. The summed E-state index contributed by atoms with van der Waals surface area (Å²) in [5.74, 6) is 0. The normalized spacial score (nSPS) is 12.5. The van der Waals surface area contributed by atoms with Crippen LogP contribution in [0, 0.1) is 6.92 Å². The van der Waals surface area contributed by atoms with Crippen LogP contribution < -0.4 is 10.6 Å². The number of anilines is 1. The smallest absolute Gasteiger partial charge is 0.0368 e. The van der Waals surface area contributed by atoms with Crippen molar-refractivity contribution in [2.24, 2.45) is 5.73 Å². The van der Waals surface area contributed by atoms with Gasteiger partial charge in [0.15, 0.2) is 0 Å². The average Bonchev–Trinajstić information content (AvgIpc) is 2.31. The molecular weight excluding hydrogens is 196 g/mol. The van der Waals surface area contributed by atoms with Crippen LogP contribution in [0.5, 0.6) is 0 Å². The SMILES string of the molecule is CCC(C)N(CCCN)c1ccc(C)cc1. The van der Waals surface area contributed by atoms with Gasteiger partial charge in [0.2, 0.25) is 0 Å². The van der Waals surface area contributed by atoms with Crippen molar-refractivity contribution in [1.29, 1.82) is 0 Å². The lowest BCUT2D eigenvalue weighted by Gasteiger charge is -2.31. The van der Waals surface area contributed by atoms with Gasteiger partial charge in [-0.05, 0) is 45.4 Å². The second kappa shape index (κ2) is 6.54. The Morgan fingerprint density at radius 1 is 1.25 bits per heavy atom. The molecule has 0 aliphatic carbocycles. The summed E-state index contributed by atoms with van der Waals surface area (Å²) in [6.45, 7) is 8.44. The highest BCUT2D eigenvalue weighted by Gasteiger charge is 2.11. The predicted molar refractivity (Wildman–Crippen MR) is 71.9 cm³/mol. The van der Waals surface area contributed by atoms with E-state index in [-0.39, 0.29) is 0 Å². The molecule has 2 N–H and O–H groups in total. The molecule has 1 unspecified atom stereocenters. The van der Waals surface area contributed by atoms with E-state index in [1.54, 1.807) is 0 Å². The molecular formula is C14H24N2. The Morgan fingerprint density at radius 3 is 2.38 bits per heavy atom. The van der Waals surface area contributed by atoms with Crippen LogP contribution in [-0.2, 0) is 0 Å². The van der Waals surface area contributed by atoms with E-state index in [0.717, 1.165) is 19.5 Å². The Hall–Kier alpha value is -1.02. The molecule has 0 aromatic heterocycles. The summed E-state index contributed by atoms with van der Waals surface area (Å²) >= 11 is 0. The highest BCUT2D eigenvalue weighted by molar-refractivity contribution is 5.48. The van der Waals surface area contributed by atoms with Gasteiger partial charge in [-0.1, -0.05) is 24.6 Å².